The summed E-state index contributed by atoms with van der Waals surface area (Å²) < 4.78 is 7.83. The molecule has 138 valence electrons. The summed E-state index contributed by atoms with van der Waals surface area (Å²) in [5, 5.41) is 13.3. The third kappa shape index (κ3) is 3.71. The summed E-state index contributed by atoms with van der Waals surface area (Å²) in [7, 11) is 1.73. The molecule has 0 aliphatic carbocycles. The monoisotopic (exact) mass is 422 g/mol. The van der Waals surface area contributed by atoms with Crippen molar-refractivity contribution in [3.05, 3.63) is 59.1 Å². The molecule has 7 nitrogen and oxygen atoms in total. The van der Waals surface area contributed by atoms with E-state index in [-0.39, 0.29) is 0 Å². The van der Waals surface area contributed by atoms with Crippen LogP contribution in [0.4, 0.5) is 0 Å². The maximum absolute atomic E-state index is 6.21. The second-order valence-electron chi connectivity index (χ2n) is 5.78. The summed E-state index contributed by atoms with van der Waals surface area (Å²) in [6.07, 6.45) is 3.09. The summed E-state index contributed by atoms with van der Waals surface area (Å²) in [6.45, 7) is 0.448. The van der Waals surface area contributed by atoms with Crippen LogP contribution in [-0.4, -0.2) is 29.8 Å². The Morgan fingerprint density at radius 1 is 1.11 bits per heavy atom. The molecule has 4 aromatic rings. The number of aromatic nitrogens is 6. The first-order valence-corrected chi connectivity index (χ1v) is 9.17. The van der Waals surface area contributed by atoms with Gasteiger partial charge in [0.05, 0.1) is 12.1 Å². The quantitative estimate of drug-likeness (QED) is 0.441. The van der Waals surface area contributed by atoms with E-state index in [1.54, 1.807) is 36.3 Å². The van der Waals surface area contributed by atoms with Gasteiger partial charge in [-0.15, -0.1) is 0 Å². The number of fused-ring (bicyclic) bond motifs is 1. The number of rotatable bonds is 5. The van der Waals surface area contributed by atoms with Gasteiger partial charge in [-0.25, -0.2) is 9.67 Å². The Morgan fingerprint density at radius 2 is 1.93 bits per heavy atom. The predicted octanol–water partition coefficient (Wildman–Crippen LogP) is 4.53. The summed E-state index contributed by atoms with van der Waals surface area (Å²) in [5.41, 5.74) is 2.67. The predicted molar refractivity (Wildman–Crippen MR) is 104 cm³/mol. The molecule has 0 radical (unpaired) electrons. The highest BCUT2D eigenvalue weighted by Crippen LogP contribution is 2.40. The van der Waals surface area contributed by atoms with E-state index in [1.165, 1.54) is 11.1 Å². The summed E-state index contributed by atoms with van der Waals surface area (Å²) in [6, 6.07) is 8.94. The van der Waals surface area contributed by atoms with Crippen LogP contribution in [0.2, 0.25) is 5.02 Å². The number of hydrogen-bond acceptors (Lipinski definition) is 5. The van der Waals surface area contributed by atoms with Crippen LogP contribution < -0.4 is 4.74 Å². The fraction of sp³-hybridized carbons (Fsp3) is 0.176. The molecule has 0 unspecified atom stereocenters. The largest absolute Gasteiger partial charge is 0.457 e. The number of hydrogen-bond donors (Lipinski definition) is 0. The van der Waals surface area contributed by atoms with E-state index >= 15 is 0 Å². The molecule has 2 aromatic carbocycles. The molecule has 0 saturated heterocycles. The Bertz CT molecular complexity index is 1090. The van der Waals surface area contributed by atoms with Gasteiger partial charge in [-0.2, -0.15) is 20.1 Å². The third-order valence-electron chi connectivity index (χ3n) is 3.91. The minimum atomic E-state index is -0.827. The van der Waals surface area contributed by atoms with Crippen LogP contribution in [0.3, 0.4) is 0 Å². The second-order valence-corrected chi connectivity index (χ2v) is 7.32. The lowest BCUT2D eigenvalue weighted by Crippen LogP contribution is -2.03. The van der Waals surface area contributed by atoms with E-state index < -0.39 is 4.84 Å². The Labute approximate surface area is 169 Å². The zero-order chi connectivity index (χ0) is 19.0. The molecule has 10 heteroatoms. The van der Waals surface area contributed by atoms with Gasteiger partial charge in [0.15, 0.2) is 0 Å². The van der Waals surface area contributed by atoms with E-state index in [0.717, 1.165) is 5.56 Å². The van der Waals surface area contributed by atoms with Crippen LogP contribution in [0.25, 0.3) is 11.0 Å². The van der Waals surface area contributed by atoms with Crippen molar-refractivity contribution in [2.24, 2.45) is 7.05 Å². The summed E-state index contributed by atoms with van der Waals surface area (Å²) >= 11 is 18.6. The molecule has 2 aromatic heterocycles. The van der Waals surface area contributed by atoms with E-state index in [0.29, 0.717) is 39.7 Å². The fourth-order valence-corrected chi connectivity index (χ4v) is 3.38. The first-order chi connectivity index (χ1) is 13.0. The van der Waals surface area contributed by atoms with Crippen LogP contribution >= 0.6 is 34.8 Å². The van der Waals surface area contributed by atoms with Crippen molar-refractivity contribution in [3.8, 4) is 11.5 Å². The lowest BCUT2D eigenvalue weighted by molar-refractivity contribution is 0.468. The molecule has 27 heavy (non-hydrogen) atoms. The molecule has 0 saturated carbocycles. The van der Waals surface area contributed by atoms with Gasteiger partial charge in [0.1, 0.15) is 40.0 Å². The maximum atomic E-state index is 6.21. The number of nitrogens with zero attached hydrogens (tertiary/aromatic N) is 6. The van der Waals surface area contributed by atoms with Crippen LogP contribution in [0.1, 0.15) is 16.0 Å². The van der Waals surface area contributed by atoms with E-state index in [2.05, 4.69) is 20.3 Å². The van der Waals surface area contributed by atoms with Crippen LogP contribution in [0.5, 0.6) is 11.5 Å². The molecule has 2 heterocycles. The lowest BCUT2D eigenvalue weighted by atomic mass is 10.1. The molecule has 0 aliphatic heterocycles. The van der Waals surface area contributed by atoms with Crippen molar-refractivity contribution in [3.63, 3.8) is 0 Å². The molecular formula is C17H13Cl3N6O. The number of alkyl halides is 2. The SMILES string of the molecule is Cn1nc2ccc(Oc3ccc(Cl)cc3Cn3cncn3)c(C(Cl)Cl)c2n1. The van der Waals surface area contributed by atoms with Crippen molar-refractivity contribution in [1.29, 1.82) is 0 Å². The van der Waals surface area contributed by atoms with Gasteiger partial charge in [-0.05, 0) is 30.3 Å². The van der Waals surface area contributed by atoms with E-state index in [1.807, 2.05) is 12.1 Å². The zero-order valence-electron chi connectivity index (χ0n) is 14.1. The fourth-order valence-electron chi connectivity index (χ4n) is 2.77. The standard InChI is InChI=1S/C17H13Cl3N6O/c1-25-23-12-3-5-14(15(17(19)20)16(12)24-25)27-13-4-2-11(18)6-10(13)7-26-9-21-8-22-26/h2-6,8-9,17H,7H2,1H3. The highest BCUT2D eigenvalue weighted by Gasteiger charge is 2.20. The van der Waals surface area contributed by atoms with Crippen LogP contribution in [-0.2, 0) is 13.6 Å². The molecule has 0 bridgehead atoms. The Hall–Kier alpha value is -2.35. The van der Waals surface area contributed by atoms with Crippen molar-refractivity contribution in [2.45, 2.75) is 11.4 Å². The number of halogens is 3. The lowest BCUT2D eigenvalue weighted by Gasteiger charge is -2.15. The highest BCUT2D eigenvalue weighted by atomic mass is 35.5. The Balaban J connectivity index is 1.77. The first kappa shape index (κ1) is 18.0. The molecule has 4 rings (SSSR count). The van der Waals surface area contributed by atoms with Crippen molar-refractivity contribution < 1.29 is 4.74 Å². The molecular weight excluding hydrogens is 411 g/mol. The highest BCUT2D eigenvalue weighted by molar-refractivity contribution is 6.44. The van der Waals surface area contributed by atoms with E-state index in [9.17, 15) is 0 Å². The zero-order valence-corrected chi connectivity index (χ0v) is 16.3. The molecule has 0 amide bonds. The number of aryl methyl sites for hydroxylation is 1. The molecule has 0 fully saturated rings. The van der Waals surface area contributed by atoms with Crippen LogP contribution in [0.15, 0.2) is 43.0 Å². The number of benzene rings is 2. The topological polar surface area (TPSA) is 70.7 Å². The summed E-state index contributed by atoms with van der Waals surface area (Å²) in [4.78, 5) is 4.59. The molecule has 0 N–H and O–H groups in total. The van der Waals surface area contributed by atoms with Crippen molar-refractivity contribution in [1.82, 2.24) is 29.8 Å². The minimum Gasteiger partial charge on any atom is -0.457 e. The number of ether oxygens (including phenoxy) is 1. The van der Waals surface area contributed by atoms with Gasteiger partial charge in [0, 0.05) is 17.6 Å². The van der Waals surface area contributed by atoms with Gasteiger partial charge in [0.2, 0.25) is 0 Å². The Morgan fingerprint density at radius 3 is 2.67 bits per heavy atom. The van der Waals surface area contributed by atoms with Gasteiger partial charge in [-0.3, -0.25) is 0 Å². The third-order valence-corrected chi connectivity index (χ3v) is 4.58. The van der Waals surface area contributed by atoms with Crippen molar-refractivity contribution >= 4 is 45.8 Å². The van der Waals surface area contributed by atoms with E-state index in [4.69, 9.17) is 39.5 Å². The van der Waals surface area contributed by atoms with Crippen molar-refractivity contribution in [2.75, 3.05) is 0 Å². The average molecular weight is 424 g/mol. The normalized spacial score (nSPS) is 11.4. The maximum Gasteiger partial charge on any atom is 0.138 e. The van der Waals surface area contributed by atoms with Gasteiger partial charge in [-0.1, -0.05) is 34.8 Å². The second kappa shape index (κ2) is 7.34. The van der Waals surface area contributed by atoms with Crippen LogP contribution in [0, 0.1) is 0 Å². The van der Waals surface area contributed by atoms with Gasteiger partial charge >= 0.3 is 0 Å². The molecule has 0 atom stereocenters. The first-order valence-electron chi connectivity index (χ1n) is 7.92. The smallest absolute Gasteiger partial charge is 0.138 e. The van der Waals surface area contributed by atoms with Gasteiger partial charge in [0.25, 0.3) is 0 Å². The molecule has 0 spiro atoms. The van der Waals surface area contributed by atoms with Gasteiger partial charge < -0.3 is 4.74 Å². The Kier molecular flexibility index (Phi) is 4.90. The minimum absolute atomic E-state index is 0.448. The summed E-state index contributed by atoms with van der Waals surface area (Å²) in [5.74, 6) is 1.11. The average Bonchev–Trinajstić information content (AvgIpc) is 3.25. The molecule has 0 aliphatic rings.